The lowest BCUT2D eigenvalue weighted by Gasteiger charge is -2.27. The number of hydrogen-bond donors (Lipinski definition) is 1. The van der Waals surface area contributed by atoms with Gasteiger partial charge < -0.3 is 14.7 Å². The van der Waals surface area contributed by atoms with Crippen LogP contribution in [0.4, 0.5) is 0 Å². The van der Waals surface area contributed by atoms with Crippen LogP contribution in [0.15, 0.2) is 12.1 Å². The molecule has 0 bridgehead atoms. The van der Waals surface area contributed by atoms with E-state index in [-0.39, 0.29) is 12.6 Å². The average molecular weight is 237 g/mol. The molecule has 0 saturated carbocycles. The van der Waals surface area contributed by atoms with Crippen molar-refractivity contribution in [1.82, 2.24) is 4.90 Å². The zero-order valence-electron chi connectivity index (χ0n) is 11.4. The van der Waals surface area contributed by atoms with Gasteiger partial charge in [0.1, 0.15) is 5.75 Å². The molecule has 0 fully saturated rings. The molecule has 0 saturated heterocycles. The largest absolute Gasteiger partial charge is 0.497 e. The van der Waals surface area contributed by atoms with Gasteiger partial charge in [-0.15, -0.1) is 0 Å². The third-order valence-electron chi connectivity index (χ3n) is 3.16. The summed E-state index contributed by atoms with van der Waals surface area (Å²) in [5.74, 6) is 0.894. The first-order valence-corrected chi connectivity index (χ1v) is 5.93. The van der Waals surface area contributed by atoms with E-state index in [9.17, 15) is 5.11 Å². The zero-order chi connectivity index (χ0) is 13.0. The van der Waals surface area contributed by atoms with Crippen LogP contribution in [0.5, 0.6) is 5.75 Å². The maximum absolute atomic E-state index is 9.18. The molecule has 1 atom stereocenters. The minimum absolute atomic E-state index is 0.202. The minimum atomic E-state index is 0.202. The van der Waals surface area contributed by atoms with Crippen molar-refractivity contribution in [3.63, 3.8) is 0 Å². The highest BCUT2D eigenvalue weighted by Gasteiger charge is 2.18. The molecule has 0 radical (unpaired) electrons. The Bertz CT molecular complexity index is 351. The zero-order valence-corrected chi connectivity index (χ0v) is 11.4. The second-order valence-electron chi connectivity index (χ2n) is 4.67. The molecule has 17 heavy (non-hydrogen) atoms. The highest BCUT2D eigenvalue weighted by atomic mass is 16.5. The van der Waals surface area contributed by atoms with Crippen molar-refractivity contribution >= 4 is 0 Å². The molecule has 0 heterocycles. The number of aliphatic hydroxyl groups is 1. The van der Waals surface area contributed by atoms with E-state index in [1.165, 1.54) is 16.7 Å². The van der Waals surface area contributed by atoms with Crippen LogP contribution in [-0.4, -0.2) is 37.8 Å². The molecule has 0 aliphatic rings. The molecular formula is C14H23NO2. The number of aliphatic hydroxyl groups excluding tert-OH is 1. The van der Waals surface area contributed by atoms with Gasteiger partial charge in [0.05, 0.1) is 7.11 Å². The summed E-state index contributed by atoms with van der Waals surface area (Å²) in [4.78, 5) is 2.15. The molecule has 0 aliphatic carbocycles. The van der Waals surface area contributed by atoms with Crippen molar-refractivity contribution in [1.29, 1.82) is 0 Å². The number of ether oxygens (including phenoxy) is 1. The lowest BCUT2D eigenvalue weighted by molar-refractivity contribution is 0.210. The first kappa shape index (κ1) is 14.0. The van der Waals surface area contributed by atoms with Crippen molar-refractivity contribution < 1.29 is 9.84 Å². The Balaban J connectivity index is 3.19. The molecule has 1 rings (SSSR count). The standard InChI is InChI=1S/C14H23NO2/c1-10-8-12(17-5)9-11(2)14(10)13(6-7-16)15(3)4/h8-9,13,16H,6-7H2,1-5H3. The van der Waals surface area contributed by atoms with Gasteiger partial charge in [-0.25, -0.2) is 0 Å². The van der Waals surface area contributed by atoms with Crippen LogP contribution in [-0.2, 0) is 0 Å². The molecule has 0 aromatic heterocycles. The summed E-state index contributed by atoms with van der Waals surface area (Å²) >= 11 is 0. The van der Waals surface area contributed by atoms with Gasteiger partial charge in [0, 0.05) is 12.6 Å². The van der Waals surface area contributed by atoms with Crippen LogP contribution in [0.2, 0.25) is 0 Å². The Morgan fingerprint density at radius 3 is 2.12 bits per heavy atom. The first-order chi connectivity index (χ1) is 8.01. The van der Waals surface area contributed by atoms with E-state index in [0.717, 1.165) is 12.2 Å². The number of hydrogen-bond acceptors (Lipinski definition) is 3. The van der Waals surface area contributed by atoms with Gasteiger partial charge in [-0.2, -0.15) is 0 Å². The van der Waals surface area contributed by atoms with Gasteiger partial charge in [-0.1, -0.05) is 0 Å². The maximum Gasteiger partial charge on any atom is 0.119 e. The quantitative estimate of drug-likeness (QED) is 0.853. The van der Waals surface area contributed by atoms with E-state index in [1.807, 2.05) is 14.1 Å². The summed E-state index contributed by atoms with van der Waals surface area (Å²) in [6.07, 6.45) is 0.751. The van der Waals surface area contributed by atoms with Crippen molar-refractivity contribution in [2.75, 3.05) is 27.8 Å². The highest BCUT2D eigenvalue weighted by Crippen LogP contribution is 2.31. The lowest BCUT2D eigenvalue weighted by Crippen LogP contribution is -2.22. The van der Waals surface area contributed by atoms with E-state index in [4.69, 9.17) is 4.74 Å². The van der Waals surface area contributed by atoms with Gasteiger partial charge in [0.15, 0.2) is 0 Å². The summed E-state index contributed by atoms with van der Waals surface area (Å²) in [5.41, 5.74) is 3.73. The fourth-order valence-corrected chi connectivity index (χ4v) is 2.36. The van der Waals surface area contributed by atoms with Crippen molar-refractivity contribution in [2.45, 2.75) is 26.3 Å². The Morgan fingerprint density at radius 2 is 1.76 bits per heavy atom. The van der Waals surface area contributed by atoms with E-state index >= 15 is 0 Å². The normalized spacial score (nSPS) is 12.9. The summed E-state index contributed by atoms with van der Waals surface area (Å²) in [6.45, 7) is 4.39. The van der Waals surface area contributed by atoms with Crippen LogP contribution < -0.4 is 4.74 Å². The topological polar surface area (TPSA) is 32.7 Å². The molecule has 3 nitrogen and oxygen atoms in total. The van der Waals surface area contributed by atoms with E-state index < -0.39 is 0 Å². The van der Waals surface area contributed by atoms with Gasteiger partial charge >= 0.3 is 0 Å². The van der Waals surface area contributed by atoms with Gasteiger partial charge in [0.25, 0.3) is 0 Å². The van der Waals surface area contributed by atoms with Crippen molar-refractivity contribution in [3.05, 3.63) is 28.8 Å². The lowest BCUT2D eigenvalue weighted by atomic mass is 9.93. The van der Waals surface area contributed by atoms with E-state index in [0.29, 0.717) is 0 Å². The fraction of sp³-hybridized carbons (Fsp3) is 0.571. The van der Waals surface area contributed by atoms with Crippen LogP contribution in [0.25, 0.3) is 0 Å². The SMILES string of the molecule is COc1cc(C)c(C(CCO)N(C)C)c(C)c1. The molecule has 0 amide bonds. The molecule has 0 spiro atoms. The Morgan fingerprint density at radius 1 is 1.24 bits per heavy atom. The Hall–Kier alpha value is -1.06. The number of benzene rings is 1. The van der Waals surface area contributed by atoms with Gasteiger partial charge in [-0.3, -0.25) is 0 Å². The summed E-state index contributed by atoms with van der Waals surface area (Å²) < 4.78 is 5.27. The van der Waals surface area contributed by atoms with Crippen molar-refractivity contribution in [3.8, 4) is 5.75 Å². The van der Waals surface area contributed by atoms with Crippen LogP contribution >= 0.6 is 0 Å². The molecule has 1 unspecified atom stereocenters. The van der Waals surface area contributed by atoms with Crippen LogP contribution in [0.3, 0.4) is 0 Å². The van der Waals surface area contributed by atoms with E-state index in [2.05, 4.69) is 30.9 Å². The molecule has 96 valence electrons. The molecule has 1 aromatic rings. The smallest absolute Gasteiger partial charge is 0.119 e. The summed E-state index contributed by atoms with van der Waals surface area (Å²) in [6, 6.07) is 4.36. The number of rotatable bonds is 5. The first-order valence-electron chi connectivity index (χ1n) is 5.93. The molecular weight excluding hydrogens is 214 g/mol. The van der Waals surface area contributed by atoms with Crippen LogP contribution in [0.1, 0.15) is 29.2 Å². The fourth-order valence-electron chi connectivity index (χ4n) is 2.36. The third-order valence-corrected chi connectivity index (χ3v) is 3.16. The number of methoxy groups -OCH3 is 1. The second kappa shape index (κ2) is 6.03. The van der Waals surface area contributed by atoms with Crippen LogP contribution in [0, 0.1) is 13.8 Å². The average Bonchev–Trinajstić information content (AvgIpc) is 2.26. The molecule has 1 aromatic carbocycles. The predicted octanol–water partition coefficient (Wildman–Crippen LogP) is 2.30. The molecule has 3 heteroatoms. The van der Waals surface area contributed by atoms with Gasteiger partial charge in [-0.05, 0) is 63.2 Å². The molecule has 0 aliphatic heterocycles. The van der Waals surface area contributed by atoms with Gasteiger partial charge in [0.2, 0.25) is 0 Å². The number of nitrogens with zero attached hydrogens (tertiary/aromatic N) is 1. The predicted molar refractivity (Wildman–Crippen MR) is 70.6 cm³/mol. The number of aryl methyl sites for hydroxylation is 2. The van der Waals surface area contributed by atoms with E-state index in [1.54, 1.807) is 7.11 Å². The summed E-state index contributed by atoms with van der Waals surface area (Å²) in [7, 11) is 5.78. The monoisotopic (exact) mass is 237 g/mol. The molecule has 1 N–H and O–H groups in total. The Labute approximate surface area is 104 Å². The second-order valence-corrected chi connectivity index (χ2v) is 4.67. The summed E-state index contributed by atoms with van der Waals surface area (Å²) in [5, 5.41) is 9.18. The minimum Gasteiger partial charge on any atom is -0.497 e. The maximum atomic E-state index is 9.18. The van der Waals surface area contributed by atoms with Crippen molar-refractivity contribution in [2.24, 2.45) is 0 Å². The third kappa shape index (κ3) is 3.20. The Kier molecular flexibility index (Phi) is 4.97. The highest BCUT2D eigenvalue weighted by molar-refractivity contribution is 5.42.